The molecule has 1 aromatic carbocycles. The van der Waals surface area contributed by atoms with Crippen LogP contribution in [0.2, 0.25) is 0 Å². The quantitative estimate of drug-likeness (QED) is 0.843. The Kier molecular flexibility index (Phi) is 4.63. The maximum absolute atomic E-state index is 3.75. The summed E-state index contributed by atoms with van der Waals surface area (Å²) in [7, 11) is 0. The molecule has 0 bridgehead atoms. The molecule has 0 saturated carbocycles. The zero-order valence-electron chi connectivity index (χ0n) is 10.8. The van der Waals surface area contributed by atoms with Crippen LogP contribution in [0, 0.1) is 0 Å². The smallest absolute Gasteiger partial charge is 0.0321 e. The zero-order valence-corrected chi connectivity index (χ0v) is 12.4. The van der Waals surface area contributed by atoms with E-state index >= 15 is 0 Å². The van der Waals surface area contributed by atoms with E-state index in [0.29, 0.717) is 12.0 Å². The molecule has 94 valence electrons. The minimum Gasteiger partial charge on any atom is -0.310 e. The molecule has 1 aromatic rings. The van der Waals surface area contributed by atoms with Gasteiger partial charge in [-0.15, -0.1) is 0 Å². The van der Waals surface area contributed by atoms with Crippen molar-refractivity contribution >= 4 is 15.9 Å². The highest BCUT2D eigenvalue weighted by Crippen LogP contribution is 2.33. The molecule has 1 N–H and O–H groups in total. The standard InChI is InChI=1S/C15H22BrN/c1-3-11(4-2)13-8-7-12(10-14(13)16)15-6-5-9-17-15/h7-8,10-11,15,17H,3-6,9H2,1-2H3. The lowest BCUT2D eigenvalue weighted by atomic mass is 9.92. The topological polar surface area (TPSA) is 12.0 Å². The Labute approximate surface area is 113 Å². The van der Waals surface area contributed by atoms with Crippen molar-refractivity contribution in [2.24, 2.45) is 0 Å². The molecular formula is C15H22BrN. The summed E-state index contributed by atoms with van der Waals surface area (Å²) in [5.74, 6) is 0.690. The van der Waals surface area contributed by atoms with Gasteiger partial charge in [0.05, 0.1) is 0 Å². The molecule has 0 aliphatic carbocycles. The lowest BCUT2D eigenvalue weighted by Gasteiger charge is -2.18. The minimum atomic E-state index is 0.571. The van der Waals surface area contributed by atoms with Crippen molar-refractivity contribution in [2.45, 2.75) is 51.5 Å². The van der Waals surface area contributed by atoms with E-state index in [-0.39, 0.29) is 0 Å². The lowest BCUT2D eigenvalue weighted by Crippen LogP contribution is -2.13. The Bertz CT molecular complexity index is 365. The highest BCUT2D eigenvalue weighted by molar-refractivity contribution is 9.10. The van der Waals surface area contributed by atoms with Crippen LogP contribution in [0.4, 0.5) is 0 Å². The van der Waals surface area contributed by atoms with Crippen LogP contribution in [0.15, 0.2) is 22.7 Å². The van der Waals surface area contributed by atoms with Gasteiger partial charge in [-0.1, -0.05) is 41.9 Å². The van der Waals surface area contributed by atoms with Crippen LogP contribution in [0.5, 0.6) is 0 Å². The van der Waals surface area contributed by atoms with Gasteiger partial charge in [-0.05, 0) is 55.3 Å². The molecule has 1 atom stereocenters. The molecule has 0 spiro atoms. The van der Waals surface area contributed by atoms with Crippen molar-refractivity contribution in [3.63, 3.8) is 0 Å². The molecule has 2 rings (SSSR count). The number of nitrogens with one attached hydrogen (secondary N) is 1. The van der Waals surface area contributed by atoms with Gasteiger partial charge in [0, 0.05) is 10.5 Å². The second-order valence-electron chi connectivity index (χ2n) is 4.94. The number of rotatable bonds is 4. The molecule has 0 aromatic heterocycles. The predicted molar refractivity (Wildman–Crippen MR) is 77.4 cm³/mol. The van der Waals surface area contributed by atoms with Gasteiger partial charge in [0.15, 0.2) is 0 Å². The van der Waals surface area contributed by atoms with E-state index in [9.17, 15) is 0 Å². The molecule has 0 radical (unpaired) electrons. The summed E-state index contributed by atoms with van der Waals surface area (Å²) in [4.78, 5) is 0. The maximum Gasteiger partial charge on any atom is 0.0321 e. The van der Waals surface area contributed by atoms with Crippen LogP contribution in [0.25, 0.3) is 0 Å². The highest BCUT2D eigenvalue weighted by Gasteiger charge is 2.18. The summed E-state index contributed by atoms with van der Waals surface area (Å²) < 4.78 is 1.29. The molecule has 17 heavy (non-hydrogen) atoms. The number of benzene rings is 1. The second-order valence-corrected chi connectivity index (χ2v) is 5.80. The van der Waals surface area contributed by atoms with Gasteiger partial charge in [0.2, 0.25) is 0 Å². The normalized spacial score (nSPS) is 20.1. The maximum atomic E-state index is 3.75. The molecule has 1 aliphatic heterocycles. The average molecular weight is 296 g/mol. The molecular weight excluding hydrogens is 274 g/mol. The van der Waals surface area contributed by atoms with Gasteiger partial charge in [-0.3, -0.25) is 0 Å². The van der Waals surface area contributed by atoms with Gasteiger partial charge < -0.3 is 5.32 Å². The Morgan fingerprint density at radius 3 is 2.65 bits per heavy atom. The molecule has 1 saturated heterocycles. The number of hydrogen-bond acceptors (Lipinski definition) is 1. The van der Waals surface area contributed by atoms with E-state index < -0.39 is 0 Å². The van der Waals surface area contributed by atoms with Crippen molar-refractivity contribution in [2.75, 3.05) is 6.54 Å². The Morgan fingerprint density at radius 2 is 2.12 bits per heavy atom. The summed E-state index contributed by atoms with van der Waals surface area (Å²) >= 11 is 3.75. The molecule has 1 heterocycles. The van der Waals surface area contributed by atoms with Crippen LogP contribution in [-0.2, 0) is 0 Å². The van der Waals surface area contributed by atoms with Crippen LogP contribution in [0.3, 0.4) is 0 Å². The monoisotopic (exact) mass is 295 g/mol. The van der Waals surface area contributed by atoms with Gasteiger partial charge in [0.1, 0.15) is 0 Å². The molecule has 1 aliphatic rings. The molecule has 1 unspecified atom stereocenters. The molecule has 1 fully saturated rings. The third-order valence-corrected chi connectivity index (χ3v) is 4.60. The van der Waals surface area contributed by atoms with Crippen molar-refractivity contribution in [3.8, 4) is 0 Å². The van der Waals surface area contributed by atoms with Gasteiger partial charge in [0.25, 0.3) is 0 Å². The first-order valence-corrected chi connectivity index (χ1v) is 7.58. The largest absolute Gasteiger partial charge is 0.310 e. The van der Waals surface area contributed by atoms with E-state index in [1.54, 1.807) is 0 Å². The highest BCUT2D eigenvalue weighted by atomic mass is 79.9. The minimum absolute atomic E-state index is 0.571. The molecule has 0 amide bonds. The van der Waals surface area contributed by atoms with Crippen LogP contribution in [-0.4, -0.2) is 6.54 Å². The Morgan fingerprint density at radius 1 is 1.35 bits per heavy atom. The first-order chi connectivity index (χ1) is 8.26. The van der Waals surface area contributed by atoms with Crippen molar-refractivity contribution in [3.05, 3.63) is 33.8 Å². The van der Waals surface area contributed by atoms with E-state index in [0.717, 1.165) is 6.54 Å². The first-order valence-electron chi connectivity index (χ1n) is 6.79. The zero-order chi connectivity index (χ0) is 12.3. The van der Waals surface area contributed by atoms with E-state index in [1.165, 1.54) is 41.3 Å². The summed E-state index contributed by atoms with van der Waals surface area (Å²) in [6.45, 7) is 5.71. The first kappa shape index (κ1) is 13.1. The summed E-state index contributed by atoms with van der Waals surface area (Å²) in [5.41, 5.74) is 2.90. The van der Waals surface area contributed by atoms with Gasteiger partial charge in [-0.25, -0.2) is 0 Å². The molecule has 2 heteroatoms. The summed E-state index contributed by atoms with van der Waals surface area (Å²) in [6.07, 6.45) is 5.01. The summed E-state index contributed by atoms with van der Waals surface area (Å²) in [5, 5.41) is 3.56. The predicted octanol–water partition coefficient (Wildman–Crippen LogP) is 4.78. The van der Waals surface area contributed by atoms with Crippen molar-refractivity contribution < 1.29 is 0 Å². The Balaban J connectivity index is 2.21. The SMILES string of the molecule is CCC(CC)c1ccc(C2CCCN2)cc1Br. The average Bonchev–Trinajstić information content (AvgIpc) is 2.86. The fourth-order valence-electron chi connectivity index (χ4n) is 2.79. The van der Waals surface area contributed by atoms with Crippen LogP contribution in [0.1, 0.15) is 62.6 Å². The fourth-order valence-corrected chi connectivity index (χ4v) is 3.51. The third kappa shape index (κ3) is 2.92. The fraction of sp³-hybridized carbons (Fsp3) is 0.600. The van der Waals surface area contributed by atoms with Crippen molar-refractivity contribution in [1.29, 1.82) is 0 Å². The second kappa shape index (κ2) is 6.01. The van der Waals surface area contributed by atoms with Crippen LogP contribution < -0.4 is 5.32 Å². The Hall–Kier alpha value is -0.340. The number of halogens is 1. The number of hydrogen-bond donors (Lipinski definition) is 1. The van der Waals surface area contributed by atoms with Crippen molar-refractivity contribution in [1.82, 2.24) is 5.32 Å². The van der Waals surface area contributed by atoms with Crippen LogP contribution >= 0.6 is 15.9 Å². The van der Waals surface area contributed by atoms with E-state index in [2.05, 4.69) is 53.3 Å². The molecule has 1 nitrogen and oxygen atoms in total. The third-order valence-electron chi connectivity index (χ3n) is 3.91. The van der Waals surface area contributed by atoms with E-state index in [1.807, 2.05) is 0 Å². The lowest BCUT2D eigenvalue weighted by molar-refractivity contribution is 0.630. The van der Waals surface area contributed by atoms with E-state index in [4.69, 9.17) is 0 Å². The van der Waals surface area contributed by atoms with Gasteiger partial charge >= 0.3 is 0 Å². The van der Waals surface area contributed by atoms with Gasteiger partial charge in [-0.2, -0.15) is 0 Å². The summed E-state index contributed by atoms with van der Waals surface area (Å²) in [6, 6.07) is 7.51.